The SMILES string of the molecule is CC1CN(c2ncnc(NCCc3ccncc3)c2[N+](=O)[O-])CC(C)O1. The average Bonchev–Trinajstić information content (AvgIpc) is 2.61. The van der Waals surface area contributed by atoms with E-state index in [1.54, 1.807) is 12.4 Å². The highest BCUT2D eigenvalue weighted by molar-refractivity contribution is 5.70. The Bertz CT molecular complexity index is 747. The summed E-state index contributed by atoms with van der Waals surface area (Å²) in [5.74, 6) is 0.569. The topological polar surface area (TPSA) is 106 Å². The van der Waals surface area contributed by atoms with Gasteiger partial charge >= 0.3 is 5.69 Å². The highest BCUT2D eigenvalue weighted by Gasteiger charge is 2.31. The molecule has 1 fully saturated rings. The molecule has 0 aliphatic carbocycles. The van der Waals surface area contributed by atoms with Gasteiger partial charge in [-0.3, -0.25) is 15.1 Å². The smallest absolute Gasteiger partial charge is 0.353 e. The Labute approximate surface area is 151 Å². The third-order valence-corrected chi connectivity index (χ3v) is 4.16. The van der Waals surface area contributed by atoms with E-state index in [2.05, 4.69) is 20.3 Å². The van der Waals surface area contributed by atoms with Crippen molar-refractivity contribution in [3.8, 4) is 0 Å². The van der Waals surface area contributed by atoms with Crippen molar-refractivity contribution in [2.75, 3.05) is 29.9 Å². The molecule has 2 unspecified atom stereocenters. The van der Waals surface area contributed by atoms with E-state index in [-0.39, 0.29) is 23.7 Å². The van der Waals surface area contributed by atoms with E-state index in [9.17, 15) is 10.1 Å². The van der Waals surface area contributed by atoms with Crippen LogP contribution in [0, 0.1) is 10.1 Å². The Hall–Kier alpha value is -2.81. The zero-order valence-corrected chi connectivity index (χ0v) is 14.8. The van der Waals surface area contributed by atoms with Gasteiger partial charge in [0.2, 0.25) is 11.6 Å². The van der Waals surface area contributed by atoms with E-state index in [0.717, 1.165) is 5.56 Å². The second-order valence-electron chi connectivity index (χ2n) is 6.35. The number of nitrogens with one attached hydrogen (secondary N) is 1. The molecule has 3 heterocycles. The molecule has 0 amide bonds. The maximum absolute atomic E-state index is 11.7. The van der Waals surface area contributed by atoms with Crippen molar-refractivity contribution >= 4 is 17.3 Å². The second kappa shape index (κ2) is 8.05. The van der Waals surface area contributed by atoms with Crippen molar-refractivity contribution < 1.29 is 9.66 Å². The normalized spacial score (nSPS) is 20.0. The first kappa shape index (κ1) is 18.0. The van der Waals surface area contributed by atoms with Crippen LogP contribution in [-0.2, 0) is 11.2 Å². The summed E-state index contributed by atoms with van der Waals surface area (Å²) in [6.07, 6.45) is 5.49. The van der Waals surface area contributed by atoms with Crippen LogP contribution in [0.25, 0.3) is 0 Å². The number of hydrogen-bond donors (Lipinski definition) is 1. The maximum Gasteiger partial charge on any atom is 0.353 e. The lowest BCUT2D eigenvalue weighted by Gasteiger charge is -2.35. The summed E-state index contributed by atoms with van der Waals surface area (Å²) in [5.41, 5.74) is 1.00. The van der Waals surface area contributed by atoms with E-state index < -0.39 is 4.92 Å². The lowest BCUT2D eigenvalue weighted by atomic mass is 10.2. The van der Waals surface area contributed by atoms with Crippen molar-refractivity contribution in [3.63, 3.8) is 0 Å². The van der Waals surface area contributed by atoms with Gasteiger partial charge in [0.1, 0.15) is 6.33 Å². The minimum absolute atomic E-state index is 0.0172. The molecule has 26 heavy (non-hydrogen) atoms. The number of ether oxygens (including phenoxy) is 1. The number of rotatable bonds is 6. The first-order valence-corrected chi connectivity index (χ1v) is 8.57. The van der Waals surface area contributed by atoms with Gasteiger partial charge in [0, 0.05) is 32.0 Å². The summed E-state index contributed by atoms with van der Waals surface area (Å²) in [6.45, 7) is 5.53. The third kappa shape index (κ3) is 4.23. The zero-order valence-electron chi connectivity index (χ0n) is 14.8. The van der Waals surface area contributed by atoms with Crippen LogP contribution in [0.4, 0.5) is 17.3 Å². The summed E-state index contributed by atoms with van der Waals surface area (Å²) in [6, 6.07) is 3.83. The van der Waals surface area contributed by atoms with Gasteiger partial charge in [0.05, 0.1) is 17.1 Å². The lowest BCUT2D eigenvalue weighted by Crippen LogP contribution is -2.46. The van der Waals surface area contributed by atoms with Crippen LogP contribution in [0.1, 0.15) is 19.4 Å². The van der Waals surface area contributed by atoms with Crippen molar-refractivity contribution in [3.05, 3.63) is 46.5 Å². The first-order chi connectivity index (χ1) is 12.5. The zero-order chi connectivity index (χ0) is 18.5. The first-order valence-electron chi connectivity index (χ1n) is 8.57. The van der Waals surface area contributed by atoms with Crippen LogP contribution < -0.4 is 10.2 Å². The van der Waals surface area contributed by atoms with Crippen LogP contribution in [-0.4, -0.2) is 51.7 Å². The average molecular weight is 358 g/mol. The number of anilines is 2. The molecule has 2 aromatic heterocycles. The third-order valence-electron chi connectivity index (χ3n) is 4.16. The molecule has 0 saturated carbocycles. The highest BCUT2D eigenvalue weighted by Crippen LogP contribution is 2.33. The van der Waals surface area contributed by atoms with E-state index in [1.807, 2.05) is 30.9 Å². The predicted octanol–water partition coefficient (Wildman–Crippen LogP) is 2.05. The quantitative estimate of drug-likeness (QED) is 0.618. The molecule has 9 heteroatoms. The standard InChI is InChI=1S/C17H22N6O3/c1-12-9-22(10-13(2)26-12)17-15(23(24)25)16(20-11-21-17)19-8-5-14-3-6-18-7-4-14/h3-4,6-7,11-13H,5,8-10H2,1-2H3,(H,19,20,21). The molecule has 1 N–H and O–H groups in total. The fourth-order valence-electron chi connectivity index (χ4n) is 3.12. The Morgan fingerprint density at radius 1 is 1.27 bits per heavy atom. The minimum atomic E-state index is -0.422. The monoisotopic (exact) mass is 358 g/mol. The minimum Gasteiger partial charge on any atom is -0.372 e. The molecule has 2 atom stereocenters. The van der Waals surface area contributed by atoms with Crippen LogP contribution in [0.15, 0.2) is 30.9 Å². The molecule has 1 aliphatic rings. The van der Waals surface area contributed by atoms with Gasteiger partial charge in [-0.25, -0.2) is 9.97 Å². The molecule has 2 aromatic rings. The van der Waals surface area contributed by atoms with E-state index in [4.69, 9.17) is 4.74 Å². The van der Waals surface area contributed by atoms with Gasteiger partial charge in [-0.15, -0.1) is 0 Å². The fourth-order valence-corrected chi connectivity index (χ4v) is 3.12. The number of nitro groups is 1. The largest absolute Gasteiger partial charge is 0.372 e. The molecule has 0 spiro atoms. The molecule has 1 aliphatic heterocycles. The van der Waals surface area contributed by atoms with E-state index in [0.29, 0.717) is 31.9 Å². The van der Waals surface area contributed by atoms with Crippen molar-refractivity contribution in [1.82, 2.24) is 15.0 Å². The fraction of sp³-hybridized carbons (Fsp3) is 0.471. The molecule has 3 rings (SSSR count). The molecule has 0 radical (unpaired) electrons. The summed E-state index contributed by atoms with van der Waals surface area (Å²) < 4.78 is 5.71. The summed E-state index contributed by atoms with van der Waals surface area (Å²) in [7, 11) is 0. The maximum atomic E-state index is 11.7. The Morgan fingerprint density at radius 3 is 2.62 bits per heavy atom. The summed E-state index contributed by atoms with van der Waals surface area (Å²) in [5, 5.41) is 14.8. The molecular formula is C17H22N6O3. The van der Waals surface area contributed by atoms with Crippen LogP contribution in [0.2, 0.25) is 0 Å². The summed E-state index contributed by atoms with van der Waals surface area (Å²) >= 11 is 0. The van der Waals surface area contributed by atoms with Gasteiger partial charge in [0.15, 0.2) is 0 Å². The van der Waals surface area contributed by atoms with Gasteiger partial charge in [0.25, 0.3) is 0 Å². The Balaban J connectivity index is 1.78. The van der Waals surface area contributed by atoms with Gasteiger partial charge in [-0.05, 0) is 38.0 Å². The number of hydrogen-bond acceptors (Lipinski definition) is 8. The lowest BCUT2D eigenvalue weighted by molar-refractivity contribution is -0.383. The number of pyridine rings is 1. The molecule has 1 saturated heterocycles. The molecular weight excluding hydrogens is 336 g/mol. The number of nitrogens with zero attached hydrogens (tertiary/aromatic N) is 5. The summed E-state index contributed by atoms with van der Waals surface area (Å²) in [4.78, 5) is 25.4. The molecule has 0 bridgehead atoms. The Morgan fingerprint density at radius 2 is 1.96 bits per heavy atom. The van der Waals surface area contributed by atoms with Gasteiger partial charge in [-0.2, -0.15) is 0 Å². The van der Waals surface area contributed by atoms with Gasteiger partial charge in [-0.1, -0.05) is 0 Å². The molecule has 9 nitrogen and oxygen atoms in total. The van der Waals surface area contributed by atoms with E-state index in [1.165, 1.54) is 6.33 Å². The van der Waals surface area contributed by atoms with Crippen LogP contribution in [0.5, 0.6) is 0 Å². The Kier molecular flexibility index (Phi) is 5.57. The van der Waals surface area contributed by atoms with Gasteiger partial charge < -0.3 is 15.0 Å². The van der Waals surface area contributed by atoms with Crippen molar-refractivity contribution in [1.29, 1.82) is 0 Å². The molecule has 138 valence electrons. The van der Waals surface area contributed by atoms with Crippen molar-refractivity contribution in [2.24, 2.45) is 0 Å². The van der Waals surface area contributed by atoms with Crippen molar-refractivity contribution in [2.45, 2.75) is 32.5 Å². The van der Waals surface area contributed by atoms with Crippen LogP contribution in [0.3, 0.4) is 0 Å². The number of morpholine rings is 1. The second-order valence-corrected chi connectivity index (χ2v) is 6.35. The van der Waals surface area contributed by atoms with Crippen LogP contribution >= 0.6 is 0 Å². The number of aromatic nitrogens is 3. The highest BCUT2D eigenvalue weighted by atomic mass is 16.6. The predicted molar refractivity (Wildman–Crippen MR) is 97.3 cm³/mol. The van der Waals surface area contributed by atoms with E-state index >= 15 is 0 Å². The molecule has 0 aromatic carbocycles.